The summed E-state index contributed by atoms with van der Waals surface area (Å²) in [4.78, 5) is 7.38. The minimum Gasteiger partial charge on any atom is -0.335 e. The number of aromatic amines is 1. The second-order valence-corrected chi connectivity index (χ2v) is 4.39. The SMILES string of the molecule is Cc1cc(-c2cccc(C)c2C)nc(=S)[nH]1. The van der Waals surface area contributed by atoms with E-state index in [1.807, 2.05) is 13.0 Å². The third-order valence-corrected chi connectivity index (χ3v) is 2.95. The van der Waals surface area contributed by atoms with E-state index in [4.69, 9.17) is 12.2 Å². The quantitative estimate of drug-likeness (QED) is 0.756. The average Bonchev–Trinajstić information content (AvgIpc) is 2.20. The van der Waals surface area contributed by atoms with Crippen LogP contribution in [0.3, 0.4) is 0 Å². The lowest BCUT2D eigenvalue weighted by Crippen LogP contribution is -1.93. The van der Waals surface area contributed by atoms with Gasteiger partial charge in [0.2, 0.25) is 0 Å². The fourth-order valence-corrected chi connectivity index (χ4v) is 2.01. The van der Waals surface area contributed by atoms with Gasteiger partial charge in [-0.1, -0.05) is 18.2 Å². The van der Waals surface area contributed by atoms with Crippen molar-refractivity contribution in [1.29, 1.82) is 0 Å². The summed E-state index contributed by atoms with van der Waals surface area (Å²) in [5.74, 6) is 0. The smallest absolute Gasteiger partial charge is 0.197 e. The summed E-state index contributed by atoms with van der Waals surface area (Å²) in [6.45, 7) is 6.21. The molecule has 0 aliphatic carbocycles. The molecule has 2 nitrogen and oxygen atoms in total. The molecule has 1 aromatic carbocycles. The van der Waals surface area contributed by atoms with Crippen molar-refractivity contribution in [3.63, 3.8) is 0 Å². The van der Waals surface area contributed by atoms with Gasteiger partial charge >= 0.3 is 0 Å². The van der Waals surface area contributed by atoms with E-state index in [2.05, 4.69) is 42.0 Å². The van der Waals surface area contributed by atoms with Crippen molar-refractivity contribution < 1.29 is 0 Å². The molecule has 0 amide bonds. The molecule has 0 aliphatic rings. The largest absolute Gasteiger partial charge is 0.335 e. The van der Waals surface area contributed by atoms with Gasteiger partial charge in [-0.25, -0.2) is 4.98 Å². The number of hydrogen-bond donors (Lipinski definition) is 1. The molecule has 3 heteroatoms. The van der Waals surface area contributed by atoms with E-state index in [1.54, 1.807) is 0 Å². The maximum absolute atomic E-state index is 5.10. The number of hydrogen-bond acceptors (Lipinski definition) is 2. The van der Waals surface area contributed by atoms with Crippen molar-refractivity contribution in [2.45, 2.75) is 20.8 Å². The van der Waals surface area contributed by atoms with Crippen LogP contribution in [0, 0.1) is 25.5 Å². The van der Waals surface area contributed by atoms with Gasteiger partial charge in [0.25, 0.3) is 0 Å². The van der Waals surface area contributed by atoms with E-state index >= 15 is 0 Å². The molecular formula is C13H14N2S. The molecule has 0 atom stereocenters. The molecule has 1 heterocycles. The Morgan fingerprint density at radius 1 is 1.19 bits per heavy atom. The summed E-state index contributed by atoms with van der Waals surface area (Å²) < 4.78 is 0.538. The predicted molar refractivity (Wildman–Crippen MR) is 69.1 cm³/mol. The highest BCUT2D eigenvalue weighted by molar-refractivity contribution is 7.71. The van der Waals surface area contributed by atoms with E-state index < -0.39 is 0 Å². The molecule has 0 unspecified atom stereocenters. The Balaban J connectivity index is 2.67. The zero-order chi connectivity index (χ0) is 11.7. The van der Waals surface area contributed by atoms with Crippen LogP contribution < -0.4 is 0 Å². The highest BCUT2D eigenvalue weighted by Crippen LogP contribution is 2.23. The Hall–Kier alpha value is -1.48. The van der Waals surface area contributed by atoms with Gasteiger partial charge in [-0.05, 0) is 50.2 Å². The van der Waals surface area contributed by atoms with Crippen molar-refractivity contribution in [2.24, 2.45) is 0 Å². The third kappa shape index (κ3) is 2.04. The zero-order valence-corrected chi connectivity index (χ0v) is 10.5. The first kappa shape index (κ1) is 11.0. The summed E-state index contributed by atoms with van der Waals surface area (Å²) in [5.41, 5.74) is 5.67. The van der Waals surface area contributed by atoms with E-state index in [0.717, 1.165) is 17.0 Å². The second-order valence-electron chi connectivity index (χ2n) is 4.00. The average molecular weight is 230 g/mol. The molecule has 1 N–H and O–H groups in total. The number of rotatable bonds is 1. The second kappa shape index (κ2) is 4.18. The van der Waals surface area contributed by atoms with Crippen LogP contribution >= 0.6 is 12.2 Å². The summed E-state index contributed by atoms with van der Waals surface area (Å²) in [5, 5.41) is 0. The number of benzene rings is 1. The summed E-state index contributed by atoms with van der Waals surface area (Å²) in [6, 6.07) is 8.26. The van der Waals surface area contributed by atoms with Crippen LogP contribution in [-0.2, 0) is 0 Å². The summed E-state index contributed by atoms with van der Waals surface area (Å²) in [6.07, 6.45) is 0. The standard InChI is InChI=1S/C13H14N2S/c1-8-5-4-6-11(10(8)3)12-7-9(2)14-13(16)15-12/h4-7H,1-3H3,(H,14,15,16). The Morgan fingerprint density at radius 3 is 2.62 bits per heavy atom. The Labute approximate surface area is 100 Å². The number of aryl methyl sites for hydroxylation is 2. The summed E-state index contributed by atoms with van der Waals surface area (Å²) >= 11 is 5.10. The number of aromatic nitrogens is 2. The maximum Gasteiger partial charge on any atom is 0.197 e. The molecule has 2 rings (SSSR count). The van der Waals surface area contributed by atoms with Crippen molar-refractivity contribution >= 4 is 12.2 Å². The first-order valence-electron chi connectivity index (χ1n) is 5.22. The molecule has 16 heavy (non-hydrogen) atoms. The molecule has 0 radical (unpaired) electrons. The van der Waals surface area contributed by atoms with E-state index in [-0.39, 0.29) is 0 Å². The van der Waals surface area contributed by atoms with E-state index in [9.17, 15) is 0 Å². The molecule has 0 fully saturated rings. The van der Waals surface area contributed by atoms with Crippen LogP contribution in [0.4, 0.5) is 0 Å². The Morgan fingerprint density at radius 2 is 1.94 bits per heavy atom. The van der Waals surface area contributed by atoms with E-state index in [1.165, 1.54) is 11.1 Å². The molecule has 0 saturated carbocycles. The van der Waals surface area contributed by atoms with Crippen LogP contribution in [0.5, 0.6) is 0 Å². The fourth-order valence-electron chi connectivity index (χ4n) is 1.75. The lowest BCUT2D eigenvalue weighted by Gasteiger charge is -2.08. The highest BCUT2D eigenvalue weighted by atomic mass is 32.1. The topological polar surface area (TPSA) is 28.7 Å². The highest BCUT2D eigenvalue weighted by Gasteiger charge is 2.05. The number of H-pyrrole nitrogens is 1. The molecule has 82 valence electrons. The van der Waals surface area contributed by atoms with Gasteiger partial charge in [0.1, 0.15) is 0 Å². The zero-order valence-electron chi connectivity index (χ0n) is 9.66. The third-order valence-electron chi connectivity index (χ3n) is 2.76. The van der Waals surface area contributed by atoms with Gasteiger partial charge in [0.15, 0.2) is 4.77 Å². The van der Waals surface area contributed by atoms with Crippen LogP contribution in [0.15, 0.2) is 24.3 Å². The van der Waals surface area contributed by atoms with E-state index in [0.29, 0.717) is 4.77 Å². The lowest BCUT2D eigenvalue weighted by molar-refractivity contribution is 1.08. The minimum absolute atomic E-state index is 0.538. The predicted octanol–water partition coefficient (Wildman–Crippen LogP) is 3.73. The van der Waals surface area contributed by atoms with Gasteiger partial charge in [0.05, 0.1) is 5.69 Å². The van der Waals surface area contributed by atoms with Crippen LogP contribution in [0.2, 0.25) is 0 Å². The summed E-state index contributed by atoms with van der Waals surface area (Å²) in [7, 11) is 0. The lowest BCUT2D eigenvalue weighted by atomic mass is 10.0. The van der Waals surface area contributed by atoms with Crippen molar-refractivity contribution in [2.75, 3.05) is 0 Å². The molecule has 0 spiro atoms. The van der Waals surface area contributed by atoms with Gasteiger partial charge in [-0.15, -0.1) is 0 Å². The van der Waals surface area contributed by atoms with Crippen LogP contribution in [-0.4, -0.2) is 9.97 Å². The molecule has 2 aromatic rings. The van der Waals surface area contributed by atoms with Crippen molar-refractivity contribution in [3.8, 4) is 11.3 Å². The maximum atomic E-state index is 5.10. The van der Waals surface area contributed by atoms with Crippen LogP contribution in [0.1, 0.15) is 16.8 Å². The molecule has 0 bridgehead atoms. The van der Waals surface area contributed by atoms with Gasteiger partial charge in [-0.2, -0.15) is 0 Å². The van der Waals surface area contributed by atoms with Crippen LogP contribution in [0.25, 0.3) is 11.3 Å². The Kier molecular flexibility index (Phi) is 2.88. The first-order chi connectivity index (χ1) is 7.58. The van der Waals surface area contributed by atoms with Gasteiger partial charge in [-0.3, -0.25) is 0 Å². The normalized spacial score (nSPS) is 10.4. The van der Waals surface area contributed by atoms with Crippen molar-refractivity contribution in [3.05, 3.63) is 45.9 Å². The fraction of sp³-hybridized carbons (Fsp3) is 0.231. The van der Waals surface area contributed by atoms with Gasteiger partial charge < -0.3 is 4.98 Å². The Bertz CT molecular complexity index is 585. The number of nitrogens with one attached hydrogen (secondary N) is 1. The molecular weight excluding hydrogens is 216 g/mol. The van der Waals surface area contributed by atoms with Crippen molar-refractivity contribution in [1.82, 2.24) is 9.97 Å². The van der Waals surface area contributed by atoms with Gasteiger partial charge in [0, 0.05) is 11.3 Å². The first-order valence-corrected chi connectivity index (χ1v) is 5.63. The molecule has 0 aliphatic heterocycles. The minimum atomic E-state index is 0.538. The molecule has 1 aromatic heterocycles. The number of nitrogens with zero attached hydrogens (tertiary/aromatic N) is 1. The molecule has 0 saturated heterocycles. The monoisotopic (exact) mass is 230 g/mol.